The van der Waals surface area contributed by atoms with Gasteiger partial charge < -0.3 is 14.3 Å². The Hall–Kier alpha value is -2.63. The number of aromatic nitrogens is 1. The summed E-state index contributed by atoms with van der Waals surface area (Å²) in [5.41, 5.74) is 1.16. The van der Waals surface area contributed by atoms with Gasteiger partial charge in [-0.25, -0.2) is 4.79 Å². The number of rotatable bonds is 1. The molecule has 0 radical (unpaired) electrons. The van der Waals surface area contributed by atoms with Crippen LogP contribution in [0.5, 0.6) is 0 Å². The first-order chi connectivity index (χ1) is 9.06. The van der Waals surface area contributed by atoms with Gasteiger partial charge in [0.15, 0.2) is 16.8 Å². The lowest BCUT2D eigenvalue weighted by atomic mass is 10.1. The lowest BCUT2D eigenvalue weighted by Crippen LogP contribution is -2.09. The summed E-state index contributed by atoms with van der Waals surface area (Å²) in [6.45, 7) is 3.24. The minimum Gasteiger partial charge on any atom is -0.422 e. The first kappa shape index (κ1) is 11.5. The Morgan fingerprint density at radius 1 is 1.37 bits per heavy atom. The number of nitrogens with zero attached hydrogens (tertiary/aromatic N) is 1. The van der Waals surface area contributed by atoms with Gasteiger partial charge in [0.1, 0.15) is 5.58 Å². The molecule has 6 nitrogen and oxygen atoms in total. The van der Waals surface area contributed by atoms with E-state index in [1.165, 1.54) is 6.92 Å². The zero-order chi connectivity index (χ0) is 13.6. The summed E-state index contributed by atoms with van der Waals surface area (Å²) in [7, 11) is 0. The van der Waals surface area contributed by atoms with Gasteiger partial charge in [0.05, 0.1) is 5.39 Å². The van der Waals surface area contributed by atoms with Gasteiger partial charge in [-0.1, -0.05) is 16.8 Å². The number of aryl methyl sites for hydroxylation is 1. The fraction of sp³-hybridized carbons (Fsp3) is 0.154. The SMILES string of the molecule is CC(=O)Nc1noc2c1c(=O)oc1ccc(C)cc12. The highest BCUT2D eigenvalue weighted by atomic mass is 16.5. The van der Waals surface area contributed by atoms with E-state index in [4.69, 9.17) is 8.94 Å². The van der Waals surface area contributed by atoms with Crippen molar-refractivity contribution in [2.75, 3.05) is 5.32 Å². The Morgan fingerprint density at radius 2 is 2.16 bits per heavy atom. The molecule has 0 aliphatic heterocycles. The maximum atomic E-state index is 11.9. The lowest BCUT2D eigenvalue weighted by Gasteiger charge is -1.99. The third-order valence-electron chi connectivity index (χ3n) is 2.77. The second-order valence-corrected chi connectivity index (χ2v) is 4.31. The van der Waals surface area contributed by atoms with Gasteiger partial charge in [0.25, 0.3) is 0 Å². The number of nitrogens with one attached hydrogen (secondary N) is 1. The molecule has 0 aliphatic rings. The van der Waals surface area contributed by atoms with Gasteiger partial charge in [-0.05, 0) is 19.1 Å². The molecule has 3 rings (SSSR count). The predicted octanol–water partition coefficient (Wildman–Crippen LogP) is 2.20. The molecule has 3 aromatic rings. The van der Waals surface area contributed by atoms with Gasteiger partial charge in [-0.2, -0.15) is 0 Å². The van der Waals surface area contributed by atoms with Crippen LogP contribution in [0.4, 0.5) is 5.82 Å². The number of carbonyl (C=O) groups is 1. The second kappa shape index (κ2) is 3.94. The highest BCUT2D eigenvalue weighted by Crippen LogP contribution is 2.27. The molecule has 0 bridgehead atoms. The number of amides is 1. The molecule has 96 valence electrons. The van der Waals surface area contributed by atoms with E-state index in [2.05, 4.69) is 10.5 Å². The van der Waals surface area contributed by atoms with Gasteiger partial charge in [0.2, 0.25) is 5.91 Å². The van der Waals surface area contributed by atoms with E-state index in [9.17, 15) is 9.59 Å². The Labute approximate surface area is 107 Å². The fourth-order valence-electron chi connectivity index (χ4n) is 1.98. The smallest absolute Gasteiger partial charge is 0.351 e. The van der Waals surface area contributed by atoms with Crippen molar-refractivity contribution in [1.29, 1.82) is 0 Å². The highest BCUT2D eigenvalue weighted by molar-refractivity contribution is 6.07. The molecule has 0 atom stereocenters. The van der Waals surface area contributed by atoms with Crippen molar-refractivity contribution in [3.05, 3.63) is 34.2 Å². The summed E-state index contributed by atoms with van der Waals surface area (Å²) >= 11 is 0. The van der Waals surface area contributed by atoms with Crippen molar-refractivity contribution in [3.8, 4) is 0 Å². The van der Waals surface area contributed by atoms with Crippen LogP contribution in [0.3, 0.4) is 0 Å². The maximum Gasteiger partial charge on any atom is 0.351 e. The average molecular weight is 258 g/mol. The zero-order valence-corrected chi connectivity index (χ0v) is 10.3. The number of benzene rings is 1. The normalized spacial score (nSPS) is 11.1. The van der Waals surface area contributed by atoms with Crippen LogP contribution in [0.2, 0.25) is 0 Å². The third kappa shape index (κ3) is 1.77. The van der Waals surface area contributed by atoms with Gasteiger partial charge >= 0.3 is 5.63 Å². The molecule has 0 unspecified atom stereocenters. The fourth-order valence-corrected chi connectivity index (χ4v) is 1.98. The first-order valence-corrected chi connectivity index (χ1v) is 5.66. The quantitative estimate of drug-likeness (QED) is 0.676. The third-order valence-corrected chi connectivity index (χ3v) is 2.77. The summed E-state index contributed by atoms with van der Waals surface area (Å²) in [6.07, 6.45) is 0. The molecular formula is C13H10N2O4. The van der Waals surface area contributed by atoms with Crippen molar-refractivity contribution in [2.45, 2.75) is 13.8 Å². The highest BCUT2D eigenvalue weighted by Gasteiger charge is 2.18. The van der Waals surface area contributed by atoms with Crippen LogP contribution in [-0.4, -0.2) is 11.1 Å². The zero-order valence-electron chi connectivity index (χ0n) is 10.3. The topological polar surface area (TPSA) is 85.3 Å². The molecule has 0 saturated carbocycles. The molecule has 19 heavy (non-hydrogen) atoms. The van der Waals surface area contributed by atoms with Gasteiger partial charge in [-0.15, -0.1) is 0 Å². The van der Waals surface area contributed by atoms with Gasteiger partial charge in [0, 0.05) is 6.92 Å². The van der Waals surface area contributed by atoms with Crippen molar-refractivity contribution in [1.82, 2.24) is 5.16 Å². The van der Waals surface area contributed by atoms with Crippen molar-refractivity contribution < 1.29 is 13.7 Å². The van der Waals surface area contributed by atoms with E-state index in [1.54, 1.807) is 6.07 Å². The van der Waals surface area contributed by atoms with Crippen molar-refractivity contribution in [2.24, 2.45) is 0 Å². The molecule has 1 amide bonds. The molecule has 2 heterocycles. The van der Waals surface area contributed by atoms with Crippen LogP contribution in [0.1, 0.15) is 12.5 Å². The van der Waals surface area contributed by atoms with Crippen LogP contribution in [0.25, 0.3) is 21.9 Å². The summed E-state index contributed by atoms with van der Waals surface area (Å²) in [5.74, 6) is -0.251. The van der Waals surface area contributed by atoms with E-state index < -0.39 is 5.63 Å². The summed E-state index contributed by atoms with van der Waals surface area (Å²) in [6, 6.07) is 5.37. The predicted molar refractivity (Wildman–Crippen MR) is 69.1 cm³/mol. The van der Waals surface area contributed by atoms with E-state index in [-0.39, 0.29) is 17.1 Å². The minimum absolute atomic E-state index is 0.0830. The standard InChI is InChI=1S/C13H10N2O4/c1-6-3-4-9-8(5-6)11-10(13(17)18-9)12(15-19-11)14-7(2)16/h3-5H,1-2H3,(H,14,15,16). The van der Waals surface area contributed by atoms with Crippen LogP contribution >= 0.6 is 0 Å². The molecule has 1 aromatic carbocycles. The lowest BCUT2D eigenvalue weighted by molar-refractivity contribution is -0.114. The van der Waals surface area contributed by atoms with E-state index in [0.717, 1.165) is 5.56 Å². The molecule has 2 aromatic heterocycles. The largest absolute Gasteiger partial charge is 0.422 e. The molecule has 1 N–H and O–H groups in total. The molecule has 6 heteroatoms. The number of hydrogen-bond acceptors (Lipinski definition) is 5. The van der Waals surface area contributed by atoms with E-state index in [1.807, 2.05) is 19.1 Å². The number of carbonyl (C=O) groups excluding carboxylic acids is 1. The van der Waals surface area contributed by atoms with Crippen LogP contribution < -0.4 is 10.9 Å². The average Bonchev–Trinajstić information content (AvgIpc) is 2.74. The Kier molecular flexibility index (Phi) is 2.38. The number of hydrogen-bond donors (Lipinski definition) is 1. The molecule has 0 spiro atoms. The maximum absolute atomic E-state index is 11.9. The van der Waals surface area contributed by atoms with E-state index >= 15 is 0 Å². The number of fused-ring (bicyclic) bond motifs is 3. The van der Waals surface area contributed by atoms with Crippen LogP contribution in [-0.2, 0) is 4.79 Å². The number of anilines is 1. The van der Waals surface area contributed by atoms with Crippen molar-refractivity contribution in [3.63, 3.8) is 0 Å². The summed E-state index contributed by atoms with van der Waals surface area (Å²) in [4.78, 5) is 23.0. The Bertz CT molecular complexity index is 860. The first-order valence-electron chi connectivity index (χ1n) is 5.66. The van der Waals surface area contributed by atoms with Crippen LogP contribution in [0.15, 0.2) is 31.9 Å². The van der Waals surface area contributed by atoms with Crippen LogP contribution in [0, 0.1) is 6.92 Å². The molecular weight excluding hydrogens is 248 g/mol. The minimum atomic E-state index is -0.587. The van der Waals surface area contributed by atoms with Crippen molar-refractivity contribution >= 4 is 33.7 Å². The van der Waals surface area contributed by atoms with E-state index in [0.29, 0.717) is 16.6 Å². The molecule has 0 fully saturated rings. The summed E-state index contributed by atoms with van der Waals surface area (Å²) in [5, 5.41) is 6.95. The second-order valence-electron chi connectivity index (χ2n) is 4.31. The molecule has 0 aliphatic carbocycles. The Morgan fingerprint density at radius 3 is 2.89 bits per heavy atom. The Balaban J connectivity index is 2.42. The summed E-state index contributed by atoms with van der Waals surface area (Å²) < 4.78 is 10.4. The molecule has 0 saturated heterocycles. The monoisotopic (exact) mass is 258 g/mol. The van der Waals surface area contributed by atoms with Gasteiger partial charge in [-0.3, -0.25) is 4.79 Å².